The van der Waals surface area contributed by atoms with Crippen molar-refractivity contribution in [2.45, 2.75) is 122 Å². The second-order valence-corrected chi connectivity index (χ2v) is 12.5. The van der Waals surface area contributed by atoms with Gasteiger partial charge in [0.25, 0.3) is 0 Å². The minimum atomic E-state index is -1.13. The fraction of sp³-hybridized carbons (Fsp3) is 0.917. The van der Waals surface area contributed by atoms with Gasteiger partial charge in [-0.05, 0) is 49.4 Å². The highest BCUT2D eigenvalue weighted by atomic mass is 16.4. The molecule has 0 aliphatic rings. The lowest BCUT2D eigenvalue weighted by atomic mass is 9.59. The van der Waals surface area contributed by atoms with Crippen molar-refractivity contribution in [2.75, 3.05) is 0 Å². The van der Waals surface area contributed by atoms with E-state index >= 15 is 0 Å². The summed E-state index contributed by atoms with van der Waals surface area (Å²) in [4.78, 5) is 0. The standard InChI is InChI=1S/C12H26O2.C12H24/c1-9(2,3)11(7,13)12(8,14)10(4,5)6;1-9(2)10(11(3,4)5)12(6,7)8/h13-14H,1-8H3;1-8H3. The Hall–Kier alpha value is -0.340. The Bertz CT molecular complexity index is 434. The van der Waals surface area contributed by atoms with Gasteiger partial charge in [-0.1, -0.05) is 94.2 Å². The average Bonchev–Trinajstić information content (AvgIpc) is 2.20. The van der Waals surface area contributed by atoms with Gasteiger partial charge < -0.3 is 10.2 Å². The molecule has 2 heteroatoms. The first kappa shape index (κ1) is 27.9. The Labute approximate surface area is 165 Å². The van der Waals surface area contributed by atoms with E-state index in [1.165, 1.54) is 5.57 Å². The van der Waals surface area contributed by atoms with E-state index < -0.39 is 11.2 Å². The van der Waals surface area contributed by atoms with Crippen molar-refractivity contribution in [2.24, 2.45) is 21.7 Å². The van der Waals surface area contributed by atoms with Crippen molar-refractivity contribution in [3.63, 3.8) is 0 Å². The van der Waals surface area contributed by atoms with Crippen LogP contribution in [0, 0.1) is 21.7 Å². The Balaban J connectivity index is 0. The molecule has 0 fully saturated rings. The molecule has 2 N–H and O–H groups in total. The minimum absolute atomic E-state index is 0.303. The van der Waals surface area contributed by atoms with E-state index in [1.54, 1.807) is 19.4 Å². The van der Waals surface area contributed by atoms with Gasteiger partial charge in [-0.15, -0.1) is 0 Å². The van der Waals surface area contributed by atoms with Crippen LogP contribution in [0.25, 0.3) is 0 Å². The van der Waals surface area contributed by atoms with Crippen LogP contribution in [0.4, 0.5) is 0 Å². The molecule has 0 rings (SSSR count). The van der Waals surface area contributed by atoms with Crippen LogP contribution in [0.2, 0.25) is 0 Å². The molecule has 0 bridgehead atoms. The zero-order valence-electron chi connectivity index (χ0n) is 20.9. The topological polar surface area (TPSA) is 40.5 Å². The third kappa shape index (κ3) is 6.68. The fourth-order valence-corrected chi connectivity index (χ4v) is 4.09. The van der Waals surface area contributed by atoms with Crippen LogP contribution in [0.5, 0.6) is 0 Å². The molecular weight excluding hydrogens is 320 g/mol. The maximum atomic E-state index is 10.5. The zero-order valence-corrected chi connectivity index (χ0v) is 20.9. The first-order valence-electron chi connectivity index (χ1n) is 9.95. The number of hydrogen-bond donors (Lipinski definition) is 2. The van der Waals surface area contributed by atoms with Crippen LogP contribution < -0.4 is 0 Å². The molecule has 0 aromatic rings. The molecule has 0 aliphatic heterocycles. The highest BCUT2D eigenvalue weighted by Crippen LogP contribution is 2.47. The maximum absolute atomic E-state index is 10.5. The largest absolute Gasteiger partial charge is 0.387 e. The Morgan fingerprint density at radius 3 is 0.692 bits per heavy atom. The second-order valence-electron chi connectivity index (χ2n) is 12.5. The average molecular weight is 371 g/mol. The van der Waals surface area contributed by atoms with Gasteiger partial charge in [0, 0.05) is 0 Å². The molecular formula is C24H50O2. The molecule has 0 aromatic carbocycles. The predicted molar refractivity (Wildman–Crippen MR) is 117 cm³/mol. The molecule has 26 heavy (non-hydrogen) atoms. The molecule has 0 saturated carbocycles. The molecule has 0 heterocycles. The smallest absolute Gasteiger partial charge is 0.0955 e. The van der Waals surface area contributed by atoms with Crippen molar-refractivity contribution in [1.82, 2.24) is 0 Å². The van der Waals surface area contributed by atoms with E-state index in [4.69, 9.17) is 0 Å². The van der Waals surface area contributed by atoms with Crippen molar-refractivity contribution < 1.29 is 10.2 Å². The van der Waals surface area contributed by atoms with Crippen molar-refractivity contribution in [1.29, 1.82) is 0 Å². The molecule has 0 radical (unpaired) electrons. The van der Waals surface area contributed by atoms with E-state index in [0.29, 0.717) is 10.8 Å². The number of allylic oxidation sites excluding steroid dienone is 2. The molecule has 0 spiro atoms. The van der Waals surface area contributed by atoms with Crippen LogP contribution in [0.15, 0.2) is 11.1 Å². The Kier molecular flexibility index (Phi) is 8.53. The molecule has 2 atom stereocenters. The summed E-state index contributed by atoms with van der Waals surface area (Å²) in [6.07, 6.45) is 0. The summed E-state index contributed by atoms with van der Waals surface area (Å²) < 4.78 is 0. The van der Waals surface area contributed by atoms with Gasteiger partial charge in [0.05, 0.1) is 11.2 Å². The SMILES string of the molecule is CC(C)(C)C(C)(O)C(C)(O)C(C)(C)C.CC(C)=C(C(C)(C)C)C(C)(C)C. The highest BCUT2D eigenvalue weighted by Gasteiger charge is 2.55. The fourth-order valence-electron chi connectivity index (χ4n) is 4.09. The first-order valence-corrected chi connectivity index (χ1v) is 9.95. The summed E-state index contributed by atoms with van der Waals surface area (Å²) in [6.45, 7) is 33.2. The van der Waals surface area contributed by atoms with Crippen molar-refractivity contribution in [3.8, 4) is 0 Å². The normalized spacial score (nSPS) is 18.2. The summed E-state index contributed by atoms with van der Waals surface area (Å²) in [6, 6.07) is 0. The lowest BCUT2D eigenvalue weighted by Crippen LogP contribution is -2.63. The summed E-state index contributed by atoms with van der Waals surface area (Å²) in [5.74, 6) is 0. The first-order chi connectivity index (χ1) is 10.8. The minimum Gasteiger partial charge on any atom is -0.387 e. The van der Waals surface area contributed by atoms with Gasteiger partial charge in [0.15, 0.2) is 0 Å². The summed E-state index contributed by atoms with van der Waals surface area (Å²) in [5.41, 5.74) is 0.683. The molecule has 0 saturated heterocycles. The van der Waals surface area contributed by atoms with E-state index in [2.05, 4.69) is 55.4 Å². The number of hydrogen-bond acceptors (Lipinski definition) is 2. The third-order valence-corrected chi connectivity index (χ3v) is 5.87. The second kappa shape index (κ2) is 7.95. The van der Waals surface area contributed by atoms with Gasteiger partial charge in [0.2, 0.25) is 0 Å². The molecule has 0 amide bonds. The summed E-state index contributed by atoms with van der Waals surface area (Å²) >= 11 is 0. The highest BCUT2D eigenvalue weighted by molar-refractivity contribution is 5.22. The van der Waals surface area contributed by atoms with Crippen LogP contribution >= 0.6 is 0 Å². The number of rotatable bonds is 1. The zero-order chi connectivity index (χ0) is 22.2. The molecule has 0 aromatic heterocycles. The molecule has 0 aliphatic carbocycles. The van der Waals surface area contributed by atoms with E-state index in [9.17, 15) is 10.2 Å². The van der Waals surface area contributed by atoms with Crippen molar-refractivity contribution >= 4 is 0 Å². The van der Waals surface area contributed by atoms with Crippen molar-refractivity contribution in [3.05, 3.63) is 11.1 Å². The maximum Gasteiger partial charge on any atom is 0.0955 e. The van der Waals surface area contributed by atoms with Gasteiger partial charge in [-0.25, -0.2) is 0 Å². The summed E-state index contributed by atoms with van der Waals surface area (Å²) in [5, 5.41) is 20.9. The lowest BCUT2D eigenvalue weighted by Gasteiger charge is -2.53. The summed E-state index contributed by atoms with van der Waals surface area (Å²) in [7, 11) is 0. The Morgan fingerprint density at radius 2 is 0.654 bits per heavy atom. The van der Waals surface area contributed by atoms with Gasteiger partial charge in [0.1, 0.15) is 0 Å². The number of aliphatic hydroxyl groups is 2. The van der Waals surface area contributed by atoms with Crippen LogP contribution in [0.1, 0.15) is 111 Å². The van der Waals surface area contributed by atoms with Crippen LogP contribution in [-0.2, 0) is 0 Å². The van der Waals surface area contributed by atoms with Gasteiger partial charge >= 0.3 is 0 Å². The van der Waals surface area contributed by atoms with Crippen LogP contribution in [0.3, 0.4) is 0 Å². The lowest BCUT2D eigenvalue weighted by molar-refractivity contribution is -0.226. The van der Waals surface area contributed by atoms with E-state index in [0.717, 1.165) is 0 Å². The monoisotopic (exact) mass is 370 g/mol. The van der Waals surface area contributed by atoms with Gasteiger partial charge in [-0.3, -0.25) is 0 Å². The van der Waals surface area contributed by atoms with Gasteiger partial charge in [-0.2, -0.15) is 0 Å². The van der Waals surface area contributed by atoms with E-state index in [1.807, 2.05) is 41.5 Å². The third-order valence-electron chi connectivity index (χ3n) is 5.87. The molecule has 158 valence electrons. The predicted octanol–water partition coefficient (Wildman–Crippen LogP) is 7.00. The van der Waals surface area contributed by atoms with Crippen LogP contribution in [-0.4, -0.2) is 21.4 Å². The molecule has 2 nitrogen and oxygen atoms in total. The molecule has 2 unspecified atom stereocenters. The van der Waals surface area contributed by atoms with E-state index in [-0.39, 0.29) is 10.8 Å². The quantitative estimate of drug-likeness (QED) is 0.488. The Morgan fingerprint density at radius 1 is 0.462 bits per heavy atom.